The molecule has 1 rings (SSSR count). The number of carbonyl (C=O) groups excluding carboxylic acids is 1. The highest BCUT2D eigenvalue weighted by atomic mass is 32.3. The molecule has 5 heteroatoms. The van der Waals surface area contributed by atoms with Crippen molar-refractivity contribution >= 4 is 16.0 Å². The summed E-state index contributed by atoms with van der Waals surface area (Å²) in [5.41, 5.74) is 0.696. The lowest BCUT2D eigenvalue weighted by Crippen LogP contribution is -2.13. The van der Waals surface area contributed by atoms with Crippen LogP contribution >= 0.6 is 0 Å². The Morgan fingerprint density at radius 3 is 2.60 bits per heavy atom. The molecule has 0 fully saturated rings. The Bertz CT molecular complexity index is 501. The van der Waals surface area contributed by atoms with Crippen molar-refractivity contribution < 1.29 is 17.1 Å². The van der Waals surface area contributed by atoms with Crippen molar-refractivity contribution in [1.82, 2.24) is 0 Å². The lowest BCUT2D eigenvalue weighted by molar-refractivity contribution is -0.114. The maximum Gasteiger partial charge on any atom is 0.335 e. The van der Waals surface area contributed by atoms with E-state index in [-0.39, 0.29) is 6.42 Å². The molecular weight excluding hydrogens is 219 g/mol. The van der Waals surface area contributed by atoms with Gasteiger partial charge in [0.2, 0.25) is 0 Å². The summed E-state index contributed by atoms with van der Waals surface area (Å²) in [5, 5.41) is 0. The van der Waals surface area contributed by atoms with E-state index in [9.17, 15) is 17.1 Å². The first kappa shape index (κ1) is 11.7. The van der Waals surface area contributed by atoms with E-state index in [2.05, 4.69) is 11.8 Å². The van der Waals surface area contributed by atoms with Crippen molar-refractivity contribution in [1.29, 1.82) is 0 Å². The van der Waals surface area contributed by atoms with Crippen LogP contribution in [0.25, 0.3) is 0 Å². The molecule has 0 aromatic heterocycles. The van der Waals surface area contributed by atoms with Gasteiger partial charge in [0.1, 0.15) is 4.91 Å². The summed E-state index contributed by atoms with van der Waals surface area (Å²) in [4.78, 5) is 10.5. The Kier molecular flexibility index (Phi) is 3.43. The number of rotatable bonds is 2. The van der Waals surface area contributed by atoms with E-state index in [1.54, 1.807) is 6.92 Å². The van der Waals surface area contributed by atoms with Crippen LogP contribution < -0.4 is 0 Å². The summed E-state index contributed by atoms with van der Waals surface area (Å²) < 4.78 is 33.5. The smallest absolute Gasteiger partial charge is 0.293 e. The Labute approximate surface area is 87.9 Å². The van der Waals surface area contributed by atoms with E-state index in [1.165, 1.54) is 6.08 Å². The number of hydrogen-bond acceptors (Lipinski definition) is 3. The maximum atomic E-state index is 12.5. The summed E-state index contributed by atoms with van der Waals surface area (Å²) in [5.74, 6) is 4.69. The third-order valence-corrected chi connectivity index (χ3v) is 2.78. The molecule has 0 radical (unpaired) electrons. The summed E-state index contributed by atoms with van der Waals surface area (Å²) in [6.07, 6.45) is 2.74. The summed E-state index contributed by atoms with van der Waals surface area (Å²) in [6, 6.07) is 0. The molecule has 0 aromatic carbocycles. The van der Waals surface area contributed by atoms with E-state index in [4.69, 9.17) is 0 Å². The van der Waals surface area contributed by atoms with Crippen LogP contribution in [-0.4, -0.2) is 14.2 Å². The topological polar surface area (TPSA) is 51.2 Å². The monoisotopic (exact) mass is 228 g/mol. The molecule has 0 aliphatic heterocycles. The van der Waals surface area contributed by atoms with Gasteiger partial charge in [-0.25, -0.2) is 0 Å². The Hall–Kier alpha value is -1.41. The predicted octanol–water partition coefficient (Wildman–Crippen LogP) is 1.48. The quantitative estimate of drug-likeness (QED) is 0.531. The standard InChI is InChI=1S/C10H9FO3S/c1-2-3-4-8-5-6-10(9(12)7-8)15(11,13)14/h5-6H,4,7H2,1H3. The average molecular weight is 228 g/mol. The van der Waals surface area contributed by atoms with Gasteiger partial charge in [-0.3, -0.25) is 4.79 Å². The van der Waals surface area contributed by atoms with Crippen molar-refractivity contribution in [2.75, 3.05) is 0 Å². The van der Waals surface area contributed by atoms with Crippen LogP contribution in [0.5, 0.6) is 0 Å². The molecule has 0 saturated carbocycles. The number of Topliss-reactive ketones (excluding diaryl/α,β-unsaturated/α-hetero) is 1. The van der Waals surface area contributed by atoms with Crippen molar-refractivity contribution in [3.8, 4) is 11.8 Å². The van der Waals surface area contributed by atoms with Gasteiger partial charge in [0.25, 0.3) is 0 Å². The van der Waals surface area contributed by atoms with Crippen LogP contribution in [0, 0.1) is 11.8 Å². The zero-order chi connectivity index (χ0) is 11.5. The van der Waals surface area contributed by atoms with Crippen LogP contribution in [0.3, 0.4) is 0 Å². The zero-order valence-electron chi connectivity index (χ0n) is 8.08. The van der Waals surface area contributed by atoms with Gasteiger partial charge >= 0.3 is 10.2 Å². The van der Waals surface area contributed by atoms with Gasteiger partial charge in [-0.2, -0.15) is 8.42 Å². The lowest BCUT2D eigenvalue weighted by Gasteiger charge is -2.08. The highest BCUT2D eigenvalue weighted by molar-refractivity contribution is 7.91. The maximum absolute atomic E-state index is 12.5. The molecule has 0 heterocycles. The molecule has 0 aromatic rings. The van der Waals surface area contributed by atoms with E-state index in [1.807, 2.05) is 0 Å². The SMILES string of the molecule is CC#CCC1=CC=C(S(=O)(=O)F)C(=O)C1. The predicted molar refractivity (Wildman–Crippen MR) is 53.9 cm³/mol. The van der Waals surface area contributed by atoms with Gasteiger partial charge in [-0.05, 0) is 13.0 Å². The largest absolute Gasteiger partial charge is 0.335 e. The van der Waals surface area contributed by atoms with Crippen molar-refractivity contribution in [3.05, 3.63) is 22.6 Å². The second-order valence-corrected chi connectivity index (χ2v) is 4.31. The number of hydrogen-bond donors (Lipinski definition) is 0. The summed E-state index contributed by atoms with van der Waals surface area (Å²) >= 11 is 0. The number of halogens is 1. The van der Waals surface area contributed by atoms with E-state index in [0.717, 1.165) is 6.08 Å². The Morgan fingerprint density at radius 2 is 2.13 bits per heavy atom. The molecule has 1 aliphatic carbocycles. The fourth-order valence-electron chi connectivity index (χ4n) is 1.18. The van der Waals surface area contributed by atoms with Crippen LogP contribution in [0.1, 0.15) is 19.8 Å². The third-order valence-electron chi connectivity index (χ3n) is 1.89. The second kappa shape index (κ2) is 4.41. The average Bonchev–Trinajstić information content (AvgIpc) is 2.12. The van der Waals surface area contributed by atoms with Gasteiger partial charge < -0.3 is 0 Å². The zero-order valence-corrected chi connectivity index (χ0v) is 8.90. The highest BCUT2D eigenvalue weighted by Gasteiger charge is 2.26. The molecule has 0 unspecified atom stereocenters. The second-order valence-electron chi connectivity index (χ2n) is 3.00. The van der Waals surface area contributed by atoms with Crippen LogP contribution in [0.4, 0.5) is 3.89 Å². The minimum absolute atomic E-state index is 0.0797. The number of allylic oxidation sites excluding steroid dienone is 4. The van der Waals surface area contributed by atoms with Gasteiger partial charge in [0, 0.05) is 12.8 Å². The first-order chi connectivity index (χ1) is 6.95. The van der Waals surface area contributed by atoms with Crippen molar-refractivity contribution in [2.24, 2.45) is 0 Å². The number of ketones is 1. The molecule has 0 N–H and O–H groups in total. The molecule has 80 valence electrons. The van der Waals surface area contributed by atoms with Gasteiger partial charge in [0.15, 0.2) is 5.78 Å². The molecule has 0 saturated heterocycles. The summed E-state index contributed by atoms with van der Waals surface area (Å²) in [7, 11) is -4.89. The fraction of sp³-hybridized carbons (Fsp3) is 0.300. The summed E-state index contributed by atoms with van der Waals surface area (Å²) in [6.45, 7) is 1.67. The molecular formula is C10H9FO3S. The minimum atomic E-state index is -4.89. The Morgan fingerprint density at radius 1 is 1.47 bits per heavy atom. The lowest BCUT2D eigenvalue weighted by atomic mass is 10.0. The normalized spacial score (nSPS) is 16.3. The molecule has 1 aliphatic rings. The third kappa shape index (κ3) is 3.03. The van der Waals surface area contributed by atoms with E-state index >= 15 is 0 Å². The van der Waals surface area contributed by atoms with Gasteiger partial charge in [0.05, 0.1) is 0 Å². The highest BCUT2D eigenvalue weighted by Crippen LogP contribution is 2.22. The van der Waals surface area contributed by atoms with Crippen molar-refractivity contribution in [3.63, 3.8) is 0 Å². The van der Waals surface area contributed by atoms with Crippen LogP contribution in [0.2, 0.25) is 0 Å². The van der Waals surface area contributed by atoms with Crippen molar-refractivity contribution in [2.45, 2.75) is 19.8 Å². The minimum Gasteiger partial charge on any atom is -0.293 e. The van der Waals surface area contributed by atoms with E-state index in [0.29, 0.717) is 12.0 Å². The molecule has 0 spiro atoms. The fourth-order valence-corrected chi connectivity index (χ4v) is 1.75. The van der Waals surface area contributed by atoms with Crippen LogP contribution in [0.15, 0.2) is 22.6 Å². The Balaban J connectivity index is 2.97. The van der Waals surface area contributed by atoms with E-state index < -0.39 is 20.9 Å². The van der Waals surface area contributed by atoms with Gasteiger partial charge in [-0.15, -0.1) is 9.81 Å². The van der Waals surface area contributed by atoms with Crippen LogP contribution in [-0.2, 0) is 15.0 Å². The number of carbonyl (C=O) groups is 1. The molecule has 0 atom stereocenters. The molecule has 3 nitrogen and oxygen atoms in total. The molecule has 0 bridgehead atoms. The molecule has 15 heavy (non-hydrogen) atoms. The van der Waals surface area contributed by atoms with Gasteiger partial charge in [-0.1, -0.05) is 17.6 Å². The first-order valence-electron chi connectivity index (χ1n) is 4.22. The first-order valence-corrected chi connectivity index (χ1v) is 5.60. The molecule has 0 amide bonds.